The van der Waals surface area contributed by atoms with Gasteiger partial charge in [0.05, 0.1) is 5.75 Å². The zero-order chi connectivity index (χ0) is 20.5. The Kier molecular flexibility index (Phi) is 8.40. The fraction of sp³-hybridized carbons (Fsp3) is 0.389. The third-order valence-corrected chi connectivity index (χ3v) is 5.78. The van der Waals surface area contributed by atoms with Crippen molar-refractivity contribution in [3.63, 3.8) is 0 Å². The molecule has 10 heteroatoms. The van der Waals surface area contributed by atoms with Gasteiger partial charge >= 0.3 is 0 Å². The van der Waals surface area contributed by atoms with Crippen molar-refractivity contribution in [2.75, 3.05) is 21.7 Å². The summed E-state index contributed by atoms with van der Waals surface area (Å²) in [4.78, 5) is 35.2. The number of hydrogen-bond acceptors (Lipinski definition) is 7. The minimum absolute atomic E-state index is 0.0391. The molecular weight excluding hydrogens is 398 g/mol. The number of thioether (sulfide) groups is 1. The second-order valence-corrected chi connectivity index (χ2v) is 8.17. The molecule has 2 aromatic rings. The Morgan fingerprint density at radius 1 is 1.00 bits per heavy atom. The summed E-state index contributed by atoms with van der Waals surface area (Å²) in [5.74, 6) is -0.264. The third kappa shape index (κ3) is 6.93. The Hall–Kier alpha value is -2.46. The van der Waals surface area contributed by atoms with Gasteiger partial charge in [-0.05, 0) is 37.1 Å². The average Bonchev–Trinajstić information content (AvgIpc) is 3.09. The van der Waals surface area contributed by atoms with Crippen molar-refractivity contribution in [1.82, 2.24) is 10.2 Å². The van der Waals surface area contributed by atoms with Gasteiger partial charge in [0.1, 0.15) is 0 Å². The number of anilines is 3. The first-order valence-electron chi connectivity index (χ1n) is 8.85. The van der Waals surface area contributed by atoms with Crippen molar-refractivity contribution < 1.29 is 14.4 Å². The smallest absolute Gasteiger partial charge is 0.234 e. The molecule has 0 spiro atoms. The largest absolute Gasteiger partial charge is 0.326 e. The molecule has 1 heterocycles. The van der Waals surface area contributed by atoms with Crippen LogP contribution >= 0.6 is 23.1 Å². The van der Waals surface area contributed by atoms with Gasteiger partial charge in [-0.25, -0.2) is 0 Å². The van der Waals surface area contributed by atoms with Crippen LogP contribution in [-0.2, 0) is 14.4 Å². The molecule has 2 rings (SSSR count). The Morgan fingerprint density at radius 2 is 1.61 bits per heavy atom. The molecule has 8 nitrogen and oxygen atoms in total. The van der Waals surface area contributed by atoms with Gasteiger partial charge in [-0.15, -0.1) is 10.2 Å². The maximum atomic E-state index is 12.1. The minimum Gasteiger partial charge on any atom is -0.326 e. The van der Waals surface area contributed by atoms with E-state index in [0.717, 1.165) is 12.8 Å². The summed E-state index contributed by atoms with van der Waals surface area (Å²) in [5.41, 5.74) is 1.30. The maximum Gasteiger partial charge on any atom is 0.234 e. The minimum atomic E-state index is -0.185. The summed E-state index contributed by atoms with van der Waals surface area (Å²) in [7, 11) is 0. The Labute approximate surface area is 171 Å². The highest BCUT2D eigenvalue weighted by atomic mass is 32.2. The zero-order valence-electron chi connectivity index (χ0n) is 15.9. The van der Waals surface area contributed by atoms with Gasteiger partial charge < -0.3 is 16.0 Å². The number of nitrogens with zero attached hydrogens (tertiary/aromatic N) is 2. The van der Waals surface area contributed by atoms with Crippen LogP contribution in [0.5, 0.6) is 0 Å². The highest BCUT2D eigenvalue weighted by Crippen LogP contribution is 2.26. The Bertz CT molecular complexity index is 819. The quantitative estimate of drug-likeness (QED) is 0.421. The van der Waals surface area contributed by atoms with E-state index >= 15 is 0 Å². The van der Waals surface area contributed by atoms with Crippen LogP contribution in [0.4, 0.5) is 16.5 Å². The van der Waals surface area contributed by atoms with Crippen LogP contribution in [-0.4, -0.2) is 33.7 Å². The van der Waals surface area contributed by atoms with Gasteiger partial charge in [0.25, 0.3) is 0 Å². The SMILES string of the molecule is CCC(CC)C(=O)Nc1nnc(SCC(=O)Nc2ccc(NC(C)=O)cc2)s1. The molecule has 0 unspecified atom stereocenters. The number of benzene rings is 1. The Morgan fingerprint density at radius 3 is 2.18 bits per heavy atom. The highest BCUT2D eigenvalue weighted by Gasteiger charge is 2.16. The molecule has 0 bridgehead atoms. The standard InChI is InChI=1S/C18H23N5O3S2/c1-4-12(5-2)16(26)21-17-22-23-18(28-17)27-10-15(25)20-14-8-6-13(7-9-14)19-11(3)24/h6-9,12H,4-5,10H2,1-3H3,(H,19,24)(H,20,25)(H,21,22,26). The number of carbonyl (C=O) groups excluding carboxylic acids is 3. The molecule has 1 aromatic carbocycles. The van der Waals surface area contributed by atoms with E-state index in [9.17, 15) is 14.4 Å². The fourth-order valence-corrected chi connectivity index (χ4v) is 3.90. The molecule has 150 valence electrons. The van der Waals surface area contributed by atoms with Gasteiger partial charge in [0.15, 0.2) is 4.34 Å². The maximum absolute atomic E-state index is 12.1. The summed E-state index contributed by atoms with van der Waals surface area (Å²) in [6, 6.07) is 6.85. The molecule has 0 fully saturated rings. The number of nitrogens with one attached hydrogen (secondary N) is 3. The van der Waals surface area contributed by atoms with E-state index in [-0.39, 0.29) is 29.4 Å². The Balaban J connectivity index is 1.80. The van der Waals surface area contributed by atoms with Crippen LogP contribution in [0.25, 0.3) is 0 Å². The molecule has 0 saturated heterocycles. The number of aromatic nitrogens is 2. The fourth-order valence-electron chi connectivity index (χ4n) is 2.35. The second-order valence-electron chi connectivity index (χ2n) is 5.97. The van der Waals surface area contributed by atoms with Crippen LogP contribution in [0.3, 0.4) is 0 Å². The highest BCUT2D eigenvalue weighted by molar-refractivity contribution is 8.01. The van der Waals surface area contributed by atoms with Crippen LogP contribution in [0.2, 0.25) is 0 Å². The summed E-state index contributed by atoms with van der Waals surface area (Å²) in [6.07, 6.45) is 1.55. The summed E-state index contributed by atoms with van der Waals surface area (Å²) in [6.45, 7) is 5.38. The molecule has 0 atom stereocenters. The van der Waals surface area contributed by atoms with E-state index < -0.39 is 0 Å². The molecule has 3 amide bonds. The molecule has 28 heavy (non-hydrogen) atoms. The molecule has 0 aliphatic heterocycles. The molecule has 3 N–H and O–H groups in total. The van der Waals surface area contributed by atoms with Crippen molar-refractivity contribution in [1.29, 1.82) is 0 Å². The van der Waals surface area contributed by atoms with Crippen molar-refractivity contribution in [3.8, 4) is 0 Å². The van der Waals surface area contributed by atoms with E-state index in [1.807, 2.05) is 13.8 Å². The lowest BCUT2D eigenvalue weighted by Gasteiger charge is -2.09. The first-order chi connectivity index (χ1) is 13.4. The molecule has 0 aliphatic carbocycles. The molecular formula is C18H23N5O3S2. The molecule has 0 radical (unpaired) electrons. The first kappa shape index (κ1) is 21.8. The van der Waals surface area contributed by atoms with Gasteiger partial charge in [0, 0.05) is 24.2 Å². The van der Waals surface area contributed by atoms with Crippen molar-refractivity contribution in [2.24, 2.45) is 5.92 Å². The van der Waals surface area contributed by atoms with Crippen molar-refractivity contribution in [3.05, 3.63) is 24.3 Å². The lowest BCUT2D eigenvalue weighted by molar-refractivity contribution is -0.120. The van der Waals surface area contributed by atoms with Gasteiger partial charge in [-0.2, -0.15) is 0 Å². The van der Waals surface area contributed by atoms with E-state index in [2.05, 4.69) is 26.1 Å². The summed E-state index contributed by atoms with van der Waals surface area (Å²) >= 11 is 2.50. The van der Waals surface area contributed by atoms with Crippen LogP contribution in [0.15, 0.2) is 28.6 Å². The lowest BCUT2D eigenvalue weighted by atomic mass is 10.0. The van der Waals surface area contributed by atoms with E-state index in [1.165, 1.54) is 30.0 Å². The van der Waals surface area contributed by atoms with Gasteiger partial charge in [-0.1, -0.05) is 36.9 Å². The summed E-state index contributed by atoms with van der Waals surface area (Å²) < 4.78 is 0.607. The lowest BCUT2D eigenvalue weighted by Crippen LogP contribution is -2.21. The average molecular weight is 422 g/mol. The predicted molar refractivity (Wildman–Crippen MR) is 113 cm³/mol. The van der Waals surface area contributed by atoms with E-state index in [1.54, 1.807) is 24.3 Å². The van der Waals surface area contributed by atoms with E-state index in [4.69, 9.17) is 0 Å². The second kappa shape index (κ2) is 10.8. The number of hydrogen-bond donors (Lipinski definition) is 3. The zero-order valence-corrected chi connectivity index (χ0v) is 17.6. The predicted octanol–water partition coefficient (Wildman–Crippen LogP) is 3.60. The molecule has 0 aliphatic rings. The monoisotopic (exact) mass is 421 g/mol. The number of amides is 3. The van der Waals surface area contributed by atoms with Crippen molar-refractivity contribution >= 4 is 57.3 Å². The number of carbonyl (C=O) groups is 3. The van der Waals surface area contributed by atoms with Gasteiger partial charge in [0.2, 0.25) is 22.9 Å². The van der Waals surface area contributed by atoms with Crippen LogP contribution in [0, 0.1) is 5.92 Å². The van der Waals surface area contributed by atoms with Crippen LogP contribution in [0.1, 0.15) is 33.6 Å². The molecule has 1 aromatic heterocycles. The first-order valence-corrected chi connectivity index (χ1v) is 10.7. The normalized spacial score (nSPS) is 10.6. The number of rotatable bonds is 9. The van der Waals surface area contributed by atoms with Crippen LogP contribution < -0.4 is 16.0 Å². The molecule has 0 saturated carbocycles. The summed E-state index contributed by atoms with van der Waals surface area (Å²) in [5, 5.41) is 16.6. The third-order valence-electron chi connectivity index (χ3n) is 3.81. The van der Waals surface area contributed by atoms with Gasteiger partial charge in [-0.3, -0.25) is 14.4 Å². The topological polar surface area (TPSA) is 113 Å². The van der Waals surface area contributed by atoms with E-state index in [0.29, 0.717) is 20.8 Å². The van der Waals surface area contributed by atoms with Crippen molar-refractivity contribution in [2.45, 2.75) is 38.0 Å².